The van der Waals surface area contributed by atoms with Gasteiger partial charge >= 0.3 is 0 Å². The van der Waals surface area contributed by atoms with Crippen LogP contribution in [0.5, 0.6) is 0 Å². The molecule has 4 heteroatoms. The third-order valence-corrected chi connectivity index (χ3v) is 1.22. The van der Waals surface area contributed by atoms with Crippen LogP contribution in [-0.4, -0.2) is 16.9 Å². The molecule has 0 aromatic heterocycles. The second-order valence-corrected chi connectivity index (χ2v) is 2.37. The van der Waals surface area contributed by atoms with Crippen molar-refractivity contribution in [1.82, 2.24) is 0 Å². The van der Waals surface area contributed by atoms with Gasteiger partial charge in [0, 0.05) is 0 Å². The highest BCUT2D eigenvalue weighted by Gasteiger charge is 2.30. The van der Waals surface area contributed by atoms with Crippen LogP contribution in [0.2, 0.25) is 0 Å². The summed E-state index contributed by atoms with van der Waals surface area (Å²) in [7, 11) is 1.29. The fraction of sp³-hybridized carbons (Fsp3) is 1.00. The van der Waals surface area contributed by atoms with Crippen LogP contribution >= 0.6 is 9.24 Å². The predicted octanol–water partition coefficient (Wildman–Crippen LogP) is 1.23. The summed E-state index contributed by atoms with van der Waals surface area (Å²) in [5, 5.41) is 8.42. The van der Waals surface area contributed by atoms with Gasteiger partial charge in [-0.2, -0.15) is 8.78 Å². The van der Waals surface area contributed by atoms with E-state index in [0.717, 1.165) is 0 Å². The van der Waals surface area contributed by atoms with Gasteiger partial charge in [-0.3, -0.25) is 0 Å². The van der Waals surface area contributed by atoms with Crippen molar-refractivity contribution in [2.75, 3.05) is 0 Å². The lowest BCUT2D eigenvalue weighted by Crippen LogP contribution is -2.25. The summed E-state index contributed by atoms with van der Waals surface area (Å²) in [6.45, 7) is 1.50. The van der Waals surface area contributed by atoms with Crippen molar-refractivity contribution in [2.45, 2.75) is 25.1 Å². The summed E-state index contributed by atoms with van der Waals surface area (Å²) in [5.41, 5.74) is -3.02. The Morgan fingerprint density at radius 2 is 2.12 bits per heavy atom. The van der Waals surface area contributed by atoms with E-state index >= 15 is 0 Å². The summed E-state index contributed by atoms with van der Waals surface area (Å²) in [6, 6.07) is 0. The fourth-order valence-corrected chi connectivity index (χ4v) is 0.508. The maximum absolute atomic E-state index is 11.8. The molecular formula is C4H9F2OP. The lowest BCUT2D eigenvalue weighted by atomic mass is 10.3. The molecule has 0 amide bonds. The molecule has 50 valence electrons. The lowest BCUT2D eigenvalue weighted by Gasteiger charge is -2.14. The van der Waals surface area contributed by atoms with E-state index in [1.54, 1.807) is 0 Å². The SMILES string of the molecule is CCC(O)C(F)(F)P. The maximum Gasteiger partial charge on any atom is 0.284 e. The topological polar surface area (TPSA) is 20.2 Å². The molecule has 0 saturated carbocycles. The van der Waals surface area contributed by atoms with E-state index in [2.05, 4.69) is 0 Å². The van der Waals surface area contributed by atoms with Crippen LogP contribution in [0, 0.1) is 0 Å². The van der Waals surface area contributed by atoms with Crippen molar-refractivity contribution in [3.05, 3.63) is 0 Å². The summed E-state index contributed by atoms with van der Waals surface area (Å²) in [4.78, 5) is 0. The first-order valence-electron chi connectivity index (χ1n) is 2.33. The van der Waals surface area contributed by atoms with Gasteiger partial charge in [0.15, 0.2) is 0 Å². The first-order chi connectivity index (χ1) is 3.48. The zero-order valence-corrected chi connectivity index (χ0v) is 5.72. The molecule has 0 rings (SSSR count). The van der Waals surface area contributed by atoms with E-state index in [-0.39, 0.29) is 6.42 Å². The minimum Gasteiger partial charge on any atom is -0.386 e. The van der Waals surface area contributed by atoms with Gasteiger partial charge in [-0.15, -0.1) is 0 Å². The monoisotopic (exact) mass is 142 g/mol. The van der Waals surface area contributed by atoms with E-state index in [0.29, 0.717) is 0 Å². The van der Waals surface area contributed by atoms with Crippen LogP contribution in [-0.2, 0) is 0 Å². The highest BCUT2D eigenvalue weighted by atomic mass is 31.0. The quantitative estimate of drug-likeness (QED) is 0.575. The van der Waals surface area contributed by atoms with E-state index in [9.17, 15) is 8.78 Å². The van der Waals surface area contributed by atoms with Crippen molar-refractivity contribution < 1.29 is 13.9 Å². The molecule has 0 aliphatic carbocycles. The molecule has 0 radical (unpaired) electrons. The Morgan fingerprint density at radius 3 is 2.12 bits per heavy atom. The molecule has 0 aliphatic rings. The Kier molecular flexibility index (Phi) is 2.78. The molecular weight excluding hydrogens is 133 g/mol. The number of aliphatic hydroxyl groups is 1. The molecule has 0 bridgehead atoms. The summed E-state index contributed by atoms with van der Waals surface area (Å²) < 4.78 is 23.7. The van der Waals surface area contributed by atoms with Gasteiger partial charge in [0.2, 0.25) is 0 Å². The summed E-state index contributed by atoms with van der Waals surface area (Å²) >= 11 is 0. The van der Waals surface area contributed by atoms with Crippen LogP contribution in [0.15, 0.2) is 0 Å². The van der Waals surface area contributed by atoms with E-state index in [4.69, 9.17) is 5.11 Å². The van der Waals surface area contributed by atoms with Gasteiger partial charge in [0.05, 0.1) is 0 Å². The van der Waals surface area contributed by atoms with E-state index in [1.807, 2.05) is 0 Å². The molecule has 0 heterocycles. The molecule has 8 heavy (non-hydrogen) atoms. The van der Waals surface area contributed by atoms with Crippen LogP contribution in [0.4, 0.5) is 8.78 Å². The average molecular weight is 142 g/mol. The van der Waals surface area contributed by atoms with Gasteiger partial charge in [-0.05, 0) is 6.42 Å². The third kappa shape index (κ3) is 2.53. The number of rotatable bonds is 2. The molecule has 0 aromatic rings. The minimum atomic E-state index is -3.02. The first kappa shape index (κ1) is 8.25. The molecule has 2 atom stereocenters. The van der Waals surface area contributed by atoms with Crippen LogP contribution in [0.1, 0.15) is 13.3 Å². The lowest BCUT2D eigenvalue weighted by molar-refractivity contribution is -0.0360. The van der Waals surface area contributed by atoms with Gasteiger partial charge in [-0.1, -0.05) is 16.2 Å². The number of hydrogen-bond donors (Lipinski definition) is 1. The Bertz CT molecular complexity index is 70.9. The Balaban J connectivity index is 3.62. The fourth-order valence-electron chi connectivity index (χ4n) is 0.272. The molecule has 0 aromatic carbocycles. The normalized spacial score (nSPS) is 16.1. The van der Waals surface area contributed by atoms with E-state index in [1.165, 1.54) is 16.2 Å². The minimum absolute atomic E-state index is 0.0799. The number of hydrogen-bond acceptors (Lipinski definition) is 1. The molecule has 2 unspecified atom stereocenters. The zero-order chi connectivity index (χ0) is 6.78. The van der Waals surface area contributed by atoms with Gasteiger partial charge in [0.25, 0.3) is 5.66 Å². The standard InChI is InChI=1S/C4H9F2OP/c1-2-3(7)4(5,6)8/h3,7H,2,8H2,1H3. The van der Waals surface area contributed by atoms with Gasteiger partial charge in [-0.25, -0.2) is 0 Å². The van der Waals surface area contributed by atoms with Gasteiger partial charge < -0.3 is 5.11 Å². The second-order valence-electron chi connectivity index (χ2n) is 1.60. The number of halogens is 2. The molecule has 1 N–H and O–H groups in total. The van der Waals surface area contributed by atoms with Crippen molar-refractivity contribution in [3.63, 3.8) is 0 Å². The second kappa shape index (κ2) is 2.70. The molecule has 0 spiro atoms. The van der Waals surface area contributed by atoms with Crippen molar-refractivity contribution >= 4 is 9.24 Å². The maximum atomic E-state index is 11.8. The summed E-state index contributed by atoms with van der Waals surface area (Å²) in [6.07, 6.45) is -1.44. The predicted molar refractivity (Wildman–Crippen MR) is 31.0 cm³/mol. The Labute approximate surface area is 49.3 Å². The van der Waals surface area contributed by atoms with Crippen molar-refractivity contribution in [3.8, 4) is 0 Å². The van der Waals surface area contributed by atoms with Crippen molar-refractivity contribution in [1.29, 1.82) is 0 Å². The smallest absolute Gasteiger partial charge is 0.284 e. The Hall–Kier alpha value is 0.250. The number of aliphatic hydroxyl groups excluding tert-OH is 1. The van der Waals surface area contributed by atoms with Crippen LogP contribution in [0.3, 0.4) is 0 Å². The van der Waals surface area contributed by atoms with Crippen LogP contribution < -0.4 is 0 Å². The van der Waals surface area contributed by atoms with Crippen molar-refractivity contribution in [2.24, 2.45) is 0 Å². The van der Waals surface area contributed by atoms with E-state index < -0.39 is 11.8 Å². The number of alkyl halides is 2. The average Bonchev–Trinajstić information content (AvgIpc) is 1.62. The van der Waals surface area contributed by atoms with Crippen LogP contribution in [0.25, 0.3) is 0 Å². The highest BCUT2D eigenvalue weighted by molar-refractivity contribution is 7.18. The molecule has 1 nitrogen and oxygen atoms in total. The largest absolute Gasteiger partial charge is 0.386 e. The first-order valence-corrected chi connectivity index (χ1v) is 2.91. The summed E-state index contributed by atoms with van der Waals surface area (Å²) in [5.74, 6) is 0. The third-order valence-electron chi connectivity index (χ3n) is 0.831. The Morgan fingerprint density at radius 1 is 1.75 bits per heavy atom. The molecule has 0 fully saturated rings. The van der Waals surface area contributed by atoms with Gasteiger partial charge in [0.1, 0.15) is 6.10 Å². The molecule has 0 saturated heterocycles. The highest BCUT2D eigenvalue weighted by Crippen LogP contribution is 2.27. The zero-order valence-electron chi connectivity index (χ0n) is 4.56. The molecule has 0 aliphatic heterocycles.